The predicted octanol–water partition coefficient (Wildman–Crippen LogP) is 3.67. The first kappa shape index (κ1) is 19.3. The highest BCUT2D eigenvalue weighted by molar-refractivity contribution is 5.90. The molecule has 8 heteroatoms. The van der Waals surface area contributed by atoms with Crippen LogP contribution in [0.4, 0.5) is 14.9 Å². The number of nitrogens with one attached hydrogen (secondary N) is 2. The number of hydrogen-bond acceptors (Lipinski definition) is 4. The summed E-state index contributed by atoms with van der Waals surface area (Å²) in [6, 6.07) is 8.11. The molecule has 0 saturated heterocycles. The Balaban J connectivity index is 1.67. The lowest BCUT2D eigenvalue weighted by atomic mass is 10.1. The number of anilines is 1. The van der Waals surface area contributed by atoms with Crippen molar-refractivity contribution in [2.24, 2.45) is 0 Å². The number of rotatable bonds is 6. The van der Waals surface area contributed by atoms with Gasteiger partial charge in [-0.3, -0.25) is 4.98 Å². The van der Waals surface area contributed by atoms with E-state index in [1.54, 1.807) is 19.4 Å². The Morgan fingerprint density at radius 3 is 2.75 bits per heavy atom. The Morgan fingerprint density at radius 1 is 1.29 bits per heavy atom. The fraction of sp³-hybridized carbons (Fsp3) is 0.250. The molecular weight excluding hydrogens is 361 g/mol. The number of hydrogen-bond donors (Lipinski definition) is 2. The van der Waals surface area contributed by atoms with Crippen LogP contribution in [0.25, 0.3) is 0 Å². The second-order valence-electron chi connectivity index (χ2n) is 6.29. The normalized spacial score (nSPS) is 11.7. The van der Waals surface area contributed by atoms with Gasteiger partial charge in [0.15, 0.2) is 0 Å². The Labute approximate surface area is 162 Å². The number of methoxy groups -OCH3 is 1. The molecule has 1 aromatic carbocycles. The first-order valence-electron chi connectivity index (χ1n) is 8.80. The summed E-state index contributed by atoms with van der Waals surface area (Å²) in [4.78, 5) is 20.3. The van der Waals surface area contributed by atoms with Gasteiger partial charge >= 0.3 is 6.03 Å². The molecule has 0 saturated carbocycles. The van der Waals surface area contributed by atoms with Gasteiger partial charge in [-0.2, -0.15) is 0 Å². The summed E-state index contributed by atoms with van der Waals surface area (Å²) >= 11 is 0. The topological polar surface area (TPSA) is 81.1 Å². The third-order valence-corrected chi connectivity index (χ3v) is 4.45. The van der Waals surface area contributed by atoms with E-state index in [0.29, 0.717) is 17.1 Å². The summed E-state index contributed by atoms with van der Waals surface area (Å²) in [6.07, 6.45) is 4.80. The van der Waals surface area contributed by atoms with Crippen LogP contribution in [0.2, 0.25) is 0 Å². The van der Waals surface area contributed by atoms with Crippen molar-refractivity contribution in [2.75, 3.05) is 12.4 Å². The van der Waals surface area contributed by atoms with Gasteiger partial charge < -0.3 is 19.9 Å². The molecule has 2 heterocycles. The monoisotopic (exact) mass is 383 g/mol. The van der Waals surface area contributed by atoms with Crippen molar-refractivity contribution in [3.8, 4) is 5.75 Å². The van der Waals surface area contributed by atoms with E-state index in [1.807, 2.05) is 25.3 Å². The van der Waals surface area contributed by atoms with Crippen LogP contribution in [-0.4, -0.2) is 27.7 Å². The fourth-order valence-corrected chi connectivity index (χ4v) is 2.88. The van der Waals surface area contributed by atoms with Gasteiger partial charge in [0, 0.05) is 12.4 Å². The molecule has 0 aliphatic heterocycles. The van der Waals surface area contributed by atoms with Gasteiger partial charge in [0.05, 0.1) is 37.3 Å². The van der Waals surface area contributed by atoms with Crippen molar-refractivity contribution in [3.05, 3.63) is 71.8 Å². The molecule has 1 atom stereocenters. The summed E-state index contributed by atoms with van der Waals surface area (Å²) in [5.41, 5.74) is 2.13. The van der Waals surface area contributed by atoms with E-state index in [9.17, 15) is 9.18 Å². The second kappa shape index (κ2) is 8.51. The Morgan fingerprint density at radius 2 is 2.11 bits per heavy atom. The highest BCUT2D eigenvalue weighted by Gasteiger charge is 2.14. The molecule has 0 spiro atoms. The molecule has 0 bridgehead atoms. The maximum atomic E-state index is 12.9. The maximum absolute atomic E-state index is 12.9. The van der Waals surface area contributed by atoms with E-state index in [4.69, 9.17) is 4.74 Å². The largest absolute Gasteiger partial charge is 0.495 e. The summed E-state index contributed by atoms with van der Waals surface area (Å²) in [5.74, 6) is 1.05. The Kier molecular flexibility index (Phi) is 5.88. The zero-order chi connectivity index (χ0) is 20.1. The highest BCUT2D eigenvalue weighted by Crippen LogP contribution is 2.30. The van der Waals surface area contributed by atoms with Crippen molar-refractivity contribution in [1.29, 1.82) is 0 Å². The predicted molar refractivity (Wildman–Crippen MR) is 104 cm³/mol. The van der Waals surface area contributed by atoms with Crippen LogP contribution in [0, 0.1) is 12.7 Å². The number of ether oxygens (including phenoxy) is 1. The number of aryl methyl sites for hydroxylation is 1. The SMILES string of the molecule is COc1cc(C(C)n2ccnc2C)ccc1NC(=O)NCc1ccc(F)cn1. The minimum absolute atomic E-state index is 0.0730. The second-order valence-corrected chi connectivity index (χ2v) is 6.29. The van der Waals surface area contributed by atoms with E-state index in [-0.39, 0.29) is 12.6 Å². The Hall–Kier alpha value is -3.42. The number of amides is 2. The molecule has 2 amide bonds. The van der Waals surface area contributed by atoms with Gasteiger partial charge in [-0.25, -0.2) is 14.2 Å². The number of aromatic nitrogens is 3. The zero-order valence-electron chi connectivity index (χ0n) is 15.9. The van der Waals surface area contributed by atoms with E-state index in [2.05, 4.69) is 32.1 Å². The van der Waals surface area contributed by atoms with Crippen LogP contribution in [0.5, 0.6) is 5.75 Å². The first-order valence-corrected chi connectivity index (χ1v) is 8.80. The molecule has 2 N–H and O–H groups in total. The minimum atomic E-state index is -0.418. The van der Waals surface area contributed by atoms with Gasteiger partial charge in [0.25, 0.3) is 0 Å². The van der Waals surface area contributed by atoms with Crippen molar-refractivity contribution in [3.63, 3.8) is 0 Å². The molecule has 146 valence electrons. The van der Waals surface area contributed by atoms with Crippen molar-refractivity contribution in [2.45, 2.75) is 26.4 Å². The molecule has 3 rings (SSSR count). The Bertz CT molecular complexity index is 955. The molecule has 2 aromatic heterocycles. The molecule has 0 radical (unpaired) electrons. The molecular formula is C20H22FN5O2. The average molecular weight is 383 g/mol. The zero-order valence-corrected chi connectivity index (χ0v) is 15.9. The van der Waals surface area contributed by atoms with Gasteiger partial charge in [0.2, 0.25) is 0 Å². The lowest BCUT2D eigenvalue weighted by Gasteiger charge is -2.18. The van der Waals surface area contributed by atoms with Gasteiger partial charge in [-0.05, 0) is 43.7 Å². The van der Waals surface area contributed by atoms with Gasteiger partial charge in [-0.15, -0.1) is 0 Å². The van der Waals surface area contributed by atoms with Crippen LogP contribution in [-0.2, 0) is 6.54 Å². The minimum Gasteiger partial charge on any atom is -0.495 e. The summed E-state index contributed by atoms with van der Waals surface area (Å²) < 4.78 is 20.4. The van der Waals surface area contributed by atoms with Gasteiger partial charge in [-0.1, -0.05) is 6.07 Å². The number of nitrogens with zero attached hydrogens (tertiary/aromatic N) is 3. The van der Waals surface area contributed by atoms with E-state index < -0.39 is 11.8 Å². The molecule has 1 unspecified atom stereocenters. The number of carbonyl (C=O) groups is 1. The molecule has 28 heavy (non-hydrogen) atoms. The van der Waals surface area contributed by atoms with Crippen LogP contribution in [0.3, 0.4) is 0 Å². The van der Waals surface area contributed by atoms with Crippen LogP contribution < -0.4 is 15.4 Å². The number of carbonyl (C=O) groups excluding carboxylic acids is 1. The molecule has 3 aromatic rings. The first-order chi connectivity index (χ1) is 13.5. The number of imidazole rings is 1. The number of urea groups is 1. The third kappa shape index (κ3) is 4.46. The molecule has 0 aliphatic rings. The molecule has 0 aliphatic carbocycles. The molecule has 7 nitrogen and oxygen atoms in total. The van der Waals surface area contributed by atoms with Crippen LogP contribution in [0.1, 0.15) is 30.0 Å². The van der Waals surface area contributed by atoms with E-state index in [1.165, 1.54) is 12.1 Å². The number of benzene rings is 1. The van der Waals surface area contributed by atoms with Crippen molar-refractivity contribution in [1.82, 2.24) is 19.9 Å². The fourth-order valence-electron chi connectivity index (χ4n) is 2.88. The summed E-state index contributed by atoms with van der Waals surface area (Å²) in [6.45, 7) is 4.20. The standard InChI is InChI=1S/C20H22FN5O2/c1-13(26-9-8-22-14(26)2)15-4-7-18(19(10-15)28-3)25-20(27)24-12-17-6-5-16(21)11-23-17/h4-11,13H,12H2,1-3H3,(H2,24,25,27). The van der Waals surface area contributed by atoms with Gasteiger partial charge in [0.1, 0.15) is 17.4 Å². The lowest BCUT2D eigenvalue weighted by Crippen LogP contribution is -2.28. The van der Waals surface area contributed by atoms with E-state index in [0.717, 1.165) is 17.6 Å². The van der Waals surface area contributed by atoms with E-state index >= 15 is 0 Å². The smallest absolute Gasteiger partial charge is 0.319 e. The number of halogens is 1. The highest BCUT2D eigenvalue weighted by atomic mass is 19.1. The number of pyridine rings is 1. The maximum Gasteiger partial charge on any atom is 0.319 e. The quantitative estimate of drug-likeness (QED) is 0.681. The summed E-state index contributed by atoms with van der Waals surface area (Å²) in [7, 11) is 1.55. The van der Waals surface area contributed by atoms with Crippen LogP contribution in [0.15, 0.2) is 48.9 Å². The van der Waals surface area contributed by atoms with Crippen LogP contribution >= 0.6 is 0 Å². The summed E-state index contributed by atoms with van der Waals surface area (Å²) in [5, 5.41) is 5.44. The molecule has 0 fully saturated rings. The lowest BCUT2D eigenvalue weighted by molar-refractivity contribution is 0.251. The average Bonchev–Trinajstić information content (AvgIpc) is 3.13. The van der Waals surface area contributed by atoms with Crippen molar-refractivity contribution < 1.29 is 13.9 Å². The third-order valence-electron chi connectivity index (χ3n) is 4.45. The van der Waals surface area contributed by atoms with Crippen molar-refractivity contribution >= 4 is 11.7 Å².